The van der Waals surface area contributed by atoms with E-state index in [2.05, 4.69) is 17.2 Å². The third kappa shape index (κ3) is 3.19. The van der Waals surface area contributed by atoms with Crippen LogP contribution in [0.25, 0.3) is 6.08 Å². The first kappa shape index (κ1) is 8.78. The molecule has 1 heterocycles. The number of hydrogen-bond donors (Lipinski definition) is 1. The van der Waals surface area contributed by atoms with Crippen LogP contribution in [0.15, 0.2) is 30.6 Å². The van der Waals surface area contributed by atoms with Gasteiger partial charge in [-0.05, 0) is 30.8 Å². The average molecular weight is 162 g/mol. The fourth-order valence-electron chi connectivity index (χ4n) is 0.847. The highest BCUT2D eigenvalue weighted by atomic mass is 14.8. The lowest BCUT2D eigenvalue weighted by Gasteiger charge is -1.94. The van der Waals surface area contributed by atoms with Gasteiger partial charge in [-0.3, -0.25) is 4.98 Å². The number of pyridine rings is 1. The first-order chi connectivity index (χ1) is 5.93. The van der Waals surface area contributed by atoms with Gasteiger partial charge in [0.15, 0.2) is 0 Å². The van der Waals surface area contributed by atoms with Gasteiger partial charge in [-0.15, -0.1) is 0 Å². The van der Waals surface area contributed by atoms with Crippen LogP contribution in [-0.4, -0.2) is 11.5 Å². The molecule has 12 heavy (non-hydrogen) atoms. The summed E-state index contributed by atoms with van der Waals surface area (Å²) in [7, 11) is 0. The molecule has 1 N–H and O–H groups in total. The van der Waals surface area contributed by atoms with E-state index < -0.39 is 0 Å². The first-order valence-electron chi connectivity index (χ1n) is 4.24. The molecule has 0 aliphatic heterocycles. The average Bonchev–Trinajstić information content (AvgIpc) is 2.14. The van der Waals surface area contributed by atoms with Gasteiger partial charge in [0.05, 0.1) is 5.69 Å². The normalized spacial score (nSPS) is 10.4. The Morgan fingerprint density at radius 3 is 3.08 bits per heavy atom. The van der Waals surface area contributed by atoms with Gasteiger partial charge in [0.25, 0.3) is 0 Å². The van der Waals surface area contributed by atoms with Crippen LogP contribution in [0.1, 0.15) is 19.0 Å². The molecule has 0 fully saturated rings. The predicted molar refractivity (Wildman–Crippen MR) is 51.6 cm³/mol. The lowest BCUT2D eigenvalue weighted by molar-refractivity contribution is 0.812. The van der Waals surface area contributed by atoms with Crippen LogP contribution in [0.3, 0.4) is 0 Å². The number of aromatic nitrogens is 1. The van der Waals surface area contributed by atoms with E-state index in [4.69, 9.17) is 0 Å². The minimum atomic E-state index is 0.987. The summed E-state index contributed by atoms with van der Waals surface area (Å²) in [6.45, 7) is 3.16. The second kappa shape index (κ2) is 5.35. The van der Waals surface area contributed by atoms with Gasteiger partial charge in [0.2, 0.25) is 0 Å². The Bertz CT molecular complexity index is 229. The summed E-state index contributed by atoms with van der Waals surface area (Å²) in [6.07, 6.45) is 6.84. The molecule has 0 saturated carbocycles. The number of rotatable bonds is 4. The van der Waals surface area contributed by atoms with Crippen molar-refractivity contribution in [2.24, 2.45) is 0 Å². The SMILES string of the molecule is CCCN/C=C/c1ccccn1. The largest absolute Gasteiger partial charge is 0.391 e. The minimum Gasteiger partial charge on any atom is -0.391 e. The van der Waals surface area contributed by atoms with Gasteiger partial charge >= 0.3 is 0 Å². The molecule has 0 atom stereocenters. The summed E-state index contributed by atoms with van der Waals surface area (Å²) in [4.78, 5) is 4.15. The smallest absolute Gasteiger partial charge is 0.0643 e. The van der Waals surface area contributed by atoms with Gasteiger partial charge in [-0.25, -0.2) is 0 Å². The molecule has 0 radical (unpaired) electrons. The summed E-state index contributed by atoms with van der Waals surface area (Å²) in [6, 6.07) is 5.87. The standard InChI is InChI=1S/C10H14N2/c1-2-7-11-9-6-10-5-3-4-8-12-10/h3-6,8-9,11H,2,7H2,1H3/b9-6+. The minimum absolute atomic E-state index is 0.987. The molecule has 1 rings (SSSR count). The Kier molecular flexibility index (Phi) is 3.92. The summed E-state index contributed by atoms with van der Waals surface area (Å²) in [5.41, 5.74) is 0.987. The molecule has 0 spiro atoms. The van der Waals surface area contributed by atoms with Crippen LogP contribution in [-0.2, 0) is 0 Å². The second-order valence-electron chi connectivity index (χ2n) is 2.54. The molecule has 0 aliphatic rings. The van der Waals surface area contributed by atoms with E-state index in [0.717, 1.165) is 18.7 Å². The maximum absolute atomic E-state index is 4.15. The van der Waals surface area contributed by atoms with Gasteiger partial charge in [0.1, 0.15) is 0 Å². The zero-order valence-corrected chi connectivity index (χ0v) is 7.33. The maximum atomic E-state index is 4.15. The van der Waals surface area contributed by atoms with Gasteiger partial charge < -0.3 is 5.32 Å². The lowest BCUT2D eigenvalue weighted by atomic mass is 10.3. The third-order valence-corrected chi connectivity index (χ3v) is 1.45. The van der Waals surface area contributed by atoms with Crippen molar-refractivity contribution in [1.29, 1.82) is 0 Å². The highest BCUT2D eigenvalue weighted by Crippen LogP contribution is 1.94. The van der Waals surface area contributed by atoms with E-state index in [-0.39, 0.29) is 0 Å². The first-order valence-corrected chi connectivity index (χ1v) is 4.24. The van der Waals surface area contributed by atoms with Crippen molar-refractivity contribution in [2.75, 3.05) is 6.54 Å². The highest BCUT2D eigenvalue weighted by molar-refractivity contribution is 5.43. The molecule has 64 valence electrons. The molecular formula is C10H14N2. The third-order valence-electron chi connectivity index (χ3n) is 1.45. The van der Waals surface area contributed by atoms with Crippen LogP contribution in [0.4, 0.5) is 0 Å². The quantitative estimate of drug-likeness (QED) is 0.685. The molecule has 0 amide bonds. The van der Waals surface area contributed by atoms with Crippen molar-refractivity contribution in [3.05, 3.63) is 36.3 Å². The van der Waals surface area contributed by atoms with Crippen LogP contribution < -0.4 is 5.32 Å². The monoisotopic (exact) mass is 162 g/mol. The highest BCUT2D eigenvalue weighted by Gasteiger charge is 1.82. The molecule has 0 aromatic carbocycles. The van der Waals surface area contributed by atoms with Crippen molar-refractivity contribution >= 4 is 6.08 Å². The molecule has 2 nitrogen and oxygen atoms in total. The van der Waals surface area contributed by atoms with E-state index in [1.165, 1.54) is 0 Å². The zero-order valence-electron chi connectivity index (χ0n) is 7.33. The summed E-state index contributed by atoms with van der Waals surface area (Å²) in [5, 5.41) is 3.16. The summed E-state index contributed by atoms with van der Waals surface area (Å²) < 4.78 is 0. The lowest BCUT2D eigenvalue weighted by Crippen LogP contribution is -2.04. The van der Waals surface area contributed by atoms with Crippen molar-refractivity contribution in [3.8, 4) is 0 Å². The fourth-order valence-corrected chi connectivity index (χ4v) is 0.847. The van der Waals surface area contributed by atoms with Crippen LogP contribution in [0, 0.1) is 0 Å². The molecule has 0 unspecified atom stereocenters. The Labute approximate surface area is 73.3 Å². The van der Waals surface area contributed by atoms with E-state index in [0.29, 0.717) is 0 Å². The topological polar surface area (TPSA) is 24.9 Å². The summed E-state index contributed by atoms with van der Waals surface area (Å²) in [5.74, 6) is 0. The Hall–Kier alpha value is -1.31. The maximum Gasteiger partial charge on any atom is 0.0643 e. The van der Waals surface area contributed by atoms with Crippen LogP contribution >= 0.6 is 0 Å². The summed E-state index contributed by atoms with van der Waals surface area (Å²) >= 11 is 0. The van der Waals surface area contributed by atoms with Crippen molar-refractivity contribution in [3.63, 3.8) is 0 Å². The van der Waals surface area contributed by atoms with Gasteiger partial charge in [-0.2, -0.15) is 0 Å². The fraction of sp³-hybridized carbons (Fsp3) is 0.300. The van der Waals surface area contributed by atoms with Crippen LogP contribution in [0.2, 0.25) is 0 Å². The van der Waals surface area contributed by atoms with Crippen molar-refractivity contribution < 1.29 is 0 Å². The van der Waals surface area contributed by atoms with Crippen molar-refractivity contribution in [1.82, 2.24) is 10.3 Å². The molecule has 0 bridgehead atoms. The van der Waals surface area contributed by atoms with E-state index in [9.17, 15) is 0 Å². The second-order valence-corrected chi connectivity index (χ2v) is 2.54. The number of nitrogens with one attached hydrogen (secondary N) is 1. The zero-order chi connectivity index (χ0) is 8.65. The number of hydrogen-bond acceptors (Lipinski definition) is 2. The Morgan fingerprint density at radius 2 is 2.42 bits per heavy atom. The molecule has 0 aliphatic carbocycles. The number of nitrogens with zero attached hydrogens (tertiary/aromatic N) is 1. The van der Waals surface area contributed by atoms with Crippen LogP contribution in [0.5, 0.6) is 0 Å². The van der Waals surface area contributed by atoms with Crippen molar-refractivity contribution in [2.45, 2.75) is 13.3 Å². The predicted octanol–water partition coefficient (Wildman–Crippen LogP) is 2.05. The molecule has 1 aromatic heterocycles. The van der Waals surface area contributed by atoms with E-state index in [1.54, 1.807) is 6.20 Å². The van der Waals surface area contributed by atoms with E-state index >= 15 is 0 Å². The van der Waals surface area contributed by atoms with E-state index in [1.807, 2.05) is 30.5 Å². The Morgan fingerprint density at radius 1 is 1.50 bits per heavy atom. The van der Waals surface area contributed by atoms with Gasteiger partial charge in [-0.1, -0.05) is 13.0 Å². The Balaban J connectivity index is 2.36. The molecular weight excluding hydrogens is 148 g/mol. The molecule has 2 heteroatoms. The molecule has 1 aromatic rings. The molecule has 0 saturated heterocycles. The van der Waals surface area contributed by atoms with Gasteiger partial charge in [0, 0.05) is 12.7 Å².